The first-order chi connectivity index (χ1) is 14.6. The van der Waals surface area contributed by atoms with E-state index in [1.54, 1.807) is 7.11 Å². The SMILES string of the molecule is COc1ccc([C@H](C)NC(=O)c2ccc(CN3CCc4ccccc4C3)cc2)cc1. The van der Waals surface area contributed by atoms with E-state index in [4.69, 9.17) is 4.74 Å². The van der Waals surface area contributed by atoms with Crippen LogP contribution in [-0.2, 0) is 19.5 Å². The molecule has 0 unspecified atom stereocenters. The van der Waals surface area contributed by atoms with Gasteiger partial charge in [-0.15, -0.1) is 0 Å². The van der Waals surface area contributed by atoms with Crippen molar-refractivity contribution in [2.24, 2.45) is 0 Å². The van der Waals surface area contributed by atoms with Crippen LogP contribution < -0.4 is 10.1 Å². The van der Waals surface area contributed by atoms with Crippen molar-refractivity contribution in [2.45, 2.75) is 32.5 Å². The van der Waals surface area contributed by atoms with Crippen LogP contribution in [0.4, 0.5) is 0 Å². The summed E-state index contributed by atoms with van der Waals surface area (Å²) in [4.78, 5) is 15.1. The van der Waals surface area contributed by atoms with Crippen molar-refractivity contribution in [1.82, 2.24) is 10.2 Å². The van der Waals surface area contributed by atoms with Crippen LogP contribution in [0, 0.1) is 0 Å². The lowest BCUT2D eigenvalue weighted by atomic mass is 9.99. The summed E-state index contributed by atoms with van der Waals surface area (Å²) in [6.45, 7) is 4.94. The number of methoxy groups -OCH3 is 1. The Balaban J connectivity index is 1.34. The summed E-state index contributed by atoms with van der Waals surface area (Å²) in [5, 5.41) is 3.07. The highest BCUT2D eigenvalue weighted by atomic mass is 16.5. The van der Waals surface area contributed by atoms with Gasteiger partial charge >= 0.3 is 0 Å². The van der Waals surface area contributed by atoms with Gasteiger partial charge in [0.05, 0.1) is 13.2 Å². The lowest BCUT2D eigenvalue weighted by molar-refractivity contribution is 0.0940. The summed E-state index contributed by atoms with van der Waals surface area (Å²) in [5.74, 6) is 0.752. The number of amides is 1. The number of rotatable bonds is 6. The molecule has 1 aliphatic heterocycles. The summed E-state index contributed by atoms with van der Waals surface area (Å²) < 4.78 is 5.19. The van der Waals surface area contributed by atoms with Crippen LogP contribution in [0.3, 0.4) is 0 Å². The average Bonchev–Trinajstić information content (AvgIpc) is 2.79. The van der Waals surface area contributed by atoms with E-state index in [-0.39, 0.29) is 11.9 Å². The maximum atomic E-state index is 12.6. The molecule has 0 saturated carbocycles. The highest BCUT2D eigenvalue weighted by Gasteiger charge is 2.16. The number of hydrogen-bond acceptors (Lipinski definition) is 3. The smallest absolute Gasteiger partial charge is 0.251 e. The van der Waals surface area contributed by atoms with Crippen molar-refractivity contribution in [2.75, 3.05) is 13.7 Å². The molecular weight excluding hydrogens is 372 g/mol. The predicted octanol–water partition coefficient (Wildman–Crippen LogP) is 4.74. The Kier molecular flexibility index (Phi) is 6.15. The van der Waals surface area contributed by atoms with Gasteiger partial charge in [-0.05, 0) is 59.9 Å². The first kappa shape index (κ1) is 20.2. The molecule has 1 N–H and O–H groups in total. The quantitative estimate of drug-likeness (QED) is 0.650. The molecular formula is C26H28N2O2. The number of benzene rings is 3. The summed E-state index contributed by atoms with van der Waals surface area (Å²) in [6.07, 6.45) is 1.10. The summed E-state index contributed by atoms with van der Waals surface area (Å²) in [7, 11) is 1.65. The number of carbonyl (C=O) groups is 1. The standard InChI is InChI=1S/C26H28N2O2/c1-19(21-11-13-25(30-2)14-12-21)27-26(29)23-9-7-20(8-10-23)17-28-16-15-22-5-3-4-6-24(22)18-28/h3-14,19H,15-18H2,1-2H3,(H,27,29)/t19-/m0/s1. The first-order valence-corrected chi connectivity index (χ1v) is 10.5. The second-order valence-electron chi connectivity index (χ2n) is 7.89. The van der Waals surface area contributed by atoms with Crippen molar-refractivity contribution < 1.29 is 9.53 Å². The van der Waals surface area contributed by atoms with E-state index in [0.717, 1.165) is 37.4 Å². The topological polar surface area (TPSA) is 41.6 Å². The minimum absolute atomic E-state index is 0.0585. The lowest BCUT2D eigenvalue weighted by Gasteiger charge is -2.28. The average molecular weight is 401 g/mol. The van der Waals surface area contributed by atoms with Crippen molar-refractivity contribution in [3.05, 3.63) is 101 Å². The summed E-state index contributed by atoms with van der Waals surface area (Å²) in [5.41, 5.74) is 5.85. The zero-order valence-corrected chi connectivity index (χ0v) is 17.6. The first-order valence-electron chi connectivity index (χ1n) is 10.5. The van der Waals surface area contributed by atoms with E-state index in [1.807, 2.05) is 43.3 Å². The third-order valence-corrected chi connectivity index (χ3v) is 5.80. The fourth-order valence-electron chi connectivity index (χ4n) is 3.96. The molecule has 154 valence electrons. The van der Waals surface area contributed by atoms with E-state index in [1.165, 1.54) is 16.7 Å². The molecule has 0 bridgehead atoms. The molecule has 1 aliphatic rings. The Hall–Kier alpha value is -3.11. The van der Waals surface area contributed by atoms with Crippen LogP contribution in [0.5, 0.6) is 5.75 Å². The zero-order chi connectivity index (χ0) is 20.9. The van der Waals surface area contributed by atoms with E-state index in [2.05, 4.69) is 46.6 Å². The number of nitrogens with zero attached hydrogens (tertiary/aromatic N) is 1. The number of ether oxygens (including phenoxy) is 1. The van der Waals surface area contributed by atoms with Crippen LogP contribution in [0.25, 0.3) is 0 Å². The summed E-state index contributed by atoms with van der Waals surface area (Å²) in [6, 6.07) is 24.3. The van der Waals surface area contributed by atoms with Gasteiger partial charge in [-0.25, -0.2) is 0 Å². The molecule has 4 nitrogen and oxygen atoms in total. The van der Waals surface area contributed by atoms with Crippen LogP contribution in [-0.4, -0.2) is 24.5 Å². The number of nitrogens with one attached hydrogen (secondary N) is 1. The Labute approximate surface area is 178 Å². The maximum absolute atomic E-state index is 12.6. The molecule has 0 aromatic heterocycles. The van der Waals surface area contributed by atoms with E-state index < -0.39 is 0 Å². The Bertz CT molecular complexity index is 996. The van der Waals surface area contributed by atoms with Gasteiger partial charge in [-0.3, -0.25) is 9.69 Å². The van der Waals surface area contributed by atoms with E-state index >= 15 is 0 Å². The van der Waals surface area contributed by atoms with Crippen molar-refractivity contribution in [3.63, 3.8) is 0 Å². The molecule has 30 heavy (non-hydrogen) atoms. The zero-order valence-electron chi connectivity index (χ0n) is 17.6. The third kappa shape index (κ3) is 4.71. The molecule has 1 atom stereocenters. The lowest BCUT2D eigenvalue weighted by Crippen LogP contribution is -2.30. The number of carbonyl (C=O) groups excluding carboxylic acids is 1. The highest BCUT2D eigenvalue weighted by molar-refractivity contribution is 5.94. The molecule has 0 aliphatic carbocycles. The second kappa shape index (κ2) is 9.14. The van der Waals surface area contributed by atoms with Gasteiger partial charge in [-0.1, -0.05) is 48.5 Å². The van der Waals surface area contributed by atoms with Gasteiger partial charge < -0.3 is 10.1 Å². The molecule has 0 spiro atoms. The van der Waals surface area contributed by atoms with Crippen molar-refractivity contribution in [1.29, 1.82) is 0 Å². The monoisotopic (exact) mass is 400 g/mol. The number of fused-ring (bicyclic) bond motifs is 1. The third-order valence-electron chi connectivity index (χ3n) is 5.80. The largest absolute Gasteiger partial charge is 0.497 e. The molecule has 0 saturated heterocycles. The van der Waals surface area contributed by atoms with E-state index in [0.29, 0.717) is 5.56 Å². The molecule has 3 aromatic carbocycles. The van der Waals surface area contributed by atoms with Crippen molar-refractivity contribution in [3.8, 4) is 5.75 Å². The Morgan fingerprint density at radius 2 is 1.70 bits per heavy atom. The molecule has 4 rings (SSSR count). The number of hydrogen-bond donors (Lipinski definition) is 1. The minimum atomic E-state index is -0.0727. The Morgan fingerprint density at radius 3 is 2.40 bits per heavy atom. The molecule has 1 heterocycles. The second-order valence-corrected chi connectivity index (χ2v) is 7.89. The van der Waals surface area contributed by atoms with Gasteiger partial charge in [0.15, 0.2) is 0 Å². The molecule has 3 aromatic rings. The van der Waals surface area contributed by atoms with Crippen LogP contribution in [0.1, 0.15) is 45.6 Å². The van der Waals surface area contributed by atoms with Crippen LogP contribution >= 0.6 is 0 Å². The molecule has 4 heteroatoms. The van der Waals surface area contributed by atoms with Gasteiger partial charge in [0.1, 0.15) is 5.75 Å². The predicted molar refractivity (Wildman–Crippen MR) is 120 cm³/mol. The Morgan fingerprint density at radius 1 is 1.00 bits per heavy atom. The van der Waals surface area contributed by atoms with Gasteiger partial charge in [-0.2, -0.15) is 0 Å². The van der Waals surface area contributed by atoms with E-state index in [9.17, 15) is 4.79 Å². The van der Waals surface area contributed by atoms with Gasteiger partial charge in [0.25, 0.3) is 5.91 Å². The minimum Gasteiger partial charge on any atom is -0.497 e. The van der Waals surface area contributed by atoms with Crippen molar-refractivity contribution >= 4 is 5.91 Å². The van der Waals surface area contributed by atoms with Crippen LogP contribution in [0.15, 0.2) is 72.8 Å². The molecule has 1 amide bonds. The van der Waals surface area contributed by atoms with Gasteiger partial charge in [0, 0.05) is 25.2 Å². The highest BCUT2D eigenvalue weighted by Crippen LogP contribution is 2.21. The molecule has 0 fully saturated rings. The normalized spacial score (nSPS) is 14.6. The maximum Gasteiger partial charge on any atom is 0.251 e. The van der Waals surface area contributed by atoms with Gasteiger partial charge in [0.2, 0.25) is 0 Å². The molecule has 0 radical (unpaired) electrons. The van der Waals surface area contributed by atoms with Crippen LogP contribution in [0.2, 0.25) is 0 Å². The summed E-state index contributed by atoms with van der Waals surface area (Å²) >= 11 is 0. The fourth-order valence-corrected chi connectivity index (χ4v) is 3.96. The fraction of sp³-hybridized carbons (Fsp3) is 0.269.